The lowest BCUT2D eigenvalue weighted by molar-refractivity contribution is -0.109. The molecular formula is C12H19ClN2O4S. The molecule has 0 fully saturated rings. The molecule has 1 rings (SSSR count). The van der Waals surface area contributed by atoms with E-state index in [4.69, 9.17) is 21.1 Å². The Morgan fingerprint density at radius 1 is 1.25 bits per heavy atom. The SMILES string of the molecule is COC(OC)C(C)Nc1cc(NS(C)(=O)=O)ccc1Cl. The van der Waals surface area contributed by atoms with Crippen molar-refractivity contribution in [3.05, 3.63) is 23.2 Å². The Hall–Kier alpha value is -1.02. The summed E-state index contributed by atoms with van der Waals surface area (Å²) in [7, 11) is -0.257. The average Bonchev–Trinajstić information content (AvgIpc) is 2.33. The number of hydrogen-bond donors (Lipinski definition) is 2. The number of hydrogen-bond acceptors (Lipinski definition) is 5. The van der Waals surface area contributed by atoms with Crippen LogP contribution < -0.4 is 10.0 Å². The summed E-state index contributed by atoms with van der Waals surface area (Å²) >= 11 is 6.08. The van der Waals surface area contributed by atoms with Gasteiger partial charge < -0.3 is 14.8 Å². The molecule has 1 aromatic carbocycles. The van der Waals surface area contributed by atoms with Gasteiger partial charge in [-0.1, -0.05) is 11.6 Å². The third-order valence-corrected chi connectivity index (χ3v) is 3.46. The van der Waals surface area contributed by atoms with Gasteiger partial charge in [0.25, 0.3) is 0 Å². The zero-order valence-corrected chi connectivity index (χ0v) is 13.4. The fourth-order valence-electron chi connectivity index (χ4n) is 1.73. The van der Waals surface area contributed by atoms with Gasteiger partial charge in [-0.25, -0.2) is 8.42 Å². The molecule has 1 unspecified atom stereocenters. The first kappa shape index (κ1) is 17.0. The maximum Gasteiger partial charge on any atom is 0.229 e. The van der Waals surface area contributed by atoms with Crippen LogP contribution in [0.15, 0.2) is 18.2 Å². The van der Waals surface area contributed by atoms with Gasteiger partial charge in [-0.3, -0.25) is 4.72 Å². The van der Waals surface area contributed by atoms with Gasteiger partial charge in [-0.2, -0.15) is 0 Å². The number of sulfonamides is 1. The highest BCUT2D eigenvalue weighted by molar-refractivity contribution is 7.92. The first-order chi connectivity index (χ1) is 9.26. The van der Waals surface area contributed by atoms with Crippen molar-refractivity contribution < 1.29 is 17.9 Å². The van der Waals surface area contributed by atoms with Crippen LogP contribution in [-0.4, -0.2) is 41.2 Å². The topological polar surface area (TPSA) is 76.7 Å². The Bertz CT molecular complexity index is 546. The molecule has 0 aliphatic rings. The molecule has 20 heavy (non-hydrogen) atoms. The first-order valence-corrected chi connectivity index (χ1v) is 8.13. The molecule has 0 bridgehead atoms. The van der Waals surface area contributed by atoms with Gasteiger partial charge in [-0.05, 0) is 25.1 Å². The molecule has 6 nitrogen and oxygen atoms in total. The van der Waals surface area contributed by atoms with Crippen molar-refractivity contribution in [3.8, 4) is 0 Å². The van der Waals surface area contributed by atoms with E-state index in [1.54, 1.807) is 18.2 Å². The Morgan fingerprint density at radius 2 is 1.85 bits per heavy atom. The van der Waals surface area contributed by atoms with Crippen LogP contribution in [0.4, 0.5) is 11.4 Å². The minimum Gasteiger partial charge on any atom is -0.376 e. The van der Waals surface area contributed by atoms with Crippen LogP contribution in [0.25, 0.3) is 0 Å². The van der Waals surface area contributed by atoms with Crippen molar-refractivity contribution in [2.45, 2.75) is 19.3 Å². The largest absolute Gasteiger partial charge is 0.376 e. The normalized spacial score (nSPS) is 13.3. The first-order valence-electron chi connectivity index (χ1n) is 5.86. The summed E-state index contributed by atoms with van der Waals surface area (Å²) in [5, 5.41) is 3.60. The van der Waals surface area contributed by atoms with E-state index in [0.29, 0.717) is 16.4 Å². The molecule has 0 saturated heterocycles. The van der Waals surface area contributed by atoms with Gasteiger partial charge in [0.2, 0.25) is 10.0 Å². The maximum atomic E-state index is 11.2. The summed E-state index contributed by atoms with van der Waals surface area (Å²) in [4.78, 5) is 0. The van der Waals surface area contributed by atoms with E-state index in [9.17, 15) is 8.42 Å². The summed E-state index contributed by atoms with van der Waals surface area (Å²) in [6.07, 6.45) is 0.640. The van der Waals surface area contributed by atoms with E-state index >= 15 is 0 Å². The molecule has 0 radical (unpaired) electrons. The van der Waals surface area contributed by atoms with Gasteiger partial charge in [0, 0.05) is 14.2 Å². The van der Waals surface area contributed by atoms with Gasteiger partial charge in [0.1, 0.15) is 0 Å². The fourth-order valence-corrected chi connectivity index (χ4v) is 2.46. The summed E-state index contributed by atoms with van der Waals surface area (Å²) < 4.78 is 35.1. The summed E-state index contributed by atoms with van der Waals surface area (Å²) in [6, 6.07) is 4.64. The molecule has 114 valence electrons. The predicted molar refractivity (Wildman–Crippen MR) is 80.8 cm³/mol. The van der Waals surface area contributed by atoms with Crippen molar-refractivity contribution in [1.29, 1.82) is 0 Å². The summed E-state index contributed by atoms with van der Waals surface area (Å²) in [5.41, 5.74) is 1.02. The van der Waals surface area contributed by atoms with E-state index < -0.39 is 16.3 Å². The molecule has 0 spiro atoms. The average molecular weight is 323 g/mol. The van der Waals surface area contributed by atoms with Crippen LogP contribution in [0.1, 0.15) is 6.92 Å². The maximum absolute atomic E-state index is 11.2. The van der Waals surface area contributed by atoms with Crippen molar-refractivity contribution in [2.75, 3.05) is 30.5 Å². The standard InChI is InChI=1S/C12H19ClN2O4S/c1-8(12(18-2)19-3)14-11-7-9(5-6-10(11)13)15-20(4,16)17/h5-8,12,14-15H,1-4H3. The van der Waals surface area contributed by atoms with Crippen LogP contribution in [0, 0.1) is 0 Å². The van der Waals surface area contributed by atoms with Gasteiger partial charge in [0.15, 0.2) is 6.29 Å². The monoisotopic (exact) mass is 322 g/mol. The number of rotatable bonds is 7. The second kappa shape index (κ2) is 7.12. The molecule has 1 atom stereocenters. The van der Waals surface area contributed by atoms with Crippen molar-refractivity contribution in [2.24, 2.45) is 0 Å². The summed E-state index contributed by atoms with van der Waals surface area (Å²) in [5.74, 6) is 0. The highest BCUT2D eigenvalue weighted by atomic mass is 35.5. The molecule has 0 aliphatic heterocycles. The number of anilines is 2. The van der Waals surface area contributed by atoms with Gasteiger partial charge >= 0.3 is 0 Å². The zero-order chi connectivity index (χ0) is 15.3. The Labute approximate surface area is 124 Å². The van der Waals surface area contributed by atoms with Crippen molar-refractivity contribution in [3.63, 3.8) is 0 Å². The lowest BCUT2D eigenvalue weighted by atomic mass is 10.2. The molecular weight excluding hydrogens is 304 g/mol. The number of nitrogens with one attached hydrogen (secondary N) is 2. The number of halogens is 1. The zero-order valence-electron chi connectivity index (χ0n) is 11.8. The minimum atomic E-state index is -3.33. The highest BCUT2D eigenvalue weighted by Gasteiger charge is 2.17. The lowest BCUT2D eigenvalue weighted by Crippen LogP contribution is -2.33. The van der Waals surface area contributed by atoms with E-state index in [1.165, 1.54) is 14.2 Å². The quantitative estimate of drug-likeness (QED) is 0.752. The molecule has 0 aliphatic carbocycles. The number of methoxy groups -OCH3 is 2. The summed E-state index contributed by atoms with van der Waals surface area (Å²) in [6.45, 7) is 1.87. The van der Waals surface area contributed by atoms with E-state index in [0.717, 1.165) is 6.26 Å². The van der Waals surface area contributed by atoms with E-state index in [-0.39, 0.29) is 6.04 Å². The van der Waals surface area contributed by atoms with Crippen LogP contribution in [0.2, 0.25) is 5.02 Å². The van der Waals surface area contributed by atoms with Crippen LogP contribution in [-0.2, 0) is 19.5 Å². The minimum absolute atomic E-state index is 0.170. The molecule has 0 aromatic heterocycles. The van der Waals surface area contributed by atoms with E-state index in [2.05, 4.69) is 10.0 Å². The molecule has 0 heterocycles. The Balaban J connectivity index is 2.91. The Morgan fingerprint density at radius 3 is 2.35 bits per heavy atom. The molecule has 0 saturated carbocycles. The second-order valence-corrected chi connectivity index (χ2v) is 6.50. The predicted octanol–water partition coefficient (Wildman–Crippen LogP) is 2.13. The third-order valence-electron chi connectivity index (χ3n) is 2.53. The van der Waals surface area contributed by atoms with Crippen LogP contribution in [0.3, 0.4) is 0 Å². The van der Waals surface area contributed by atoms with Crippen LogP contribution >= 0.6 is 11.6 Å². The number of ether oxygens (including phenoxy) is 2. The molecule has 8 heteroatoms. The van der Waals surface area contributed by atoms with E-state index in [1.807, 2.05) is 6.92 Å². The molecule has 2 N–H and O–H groups in total. The van der Waals surface area contributed by atoms with Crippen molar-refractivity contribution >= 4 is 33.0 Å². The number of benzene rings is 1. The van der Waals surface area contributed by atoms with Crippen molar-refractivity contribution in [1.82, 2.24) is 0 Å². The highest BCUT2D eigenvalue weighted by Crippen LogP contribution is 2.27. The lowest BCUT2D eigenvalue weighted by Gasteiger charge is -2.23. The fraction of sp³-hybridized carbons (Fsp3) is 0.500. The second-order valence-electron chi connectivity index (χ2n) is 4.34. The third kappa shape index (κ3) is 5.16. The van der Waals surface area contributed by atoms with Gasteiger partial charge in [-0.15, -0.1) is 0 Å². The Kier molecular flexibility index (Phi) is 6.07. The van der Waals surface area contributed by atoms with Crippen LogP contribution in [0.5, 0.6) is 0 Å². The molecule has 0 amide bonds. The smallest absolute Gasteiger partial charge is 0.229 e. The molecule has 1 aromatic rings. The van der Waals surface area contributed by atoms with Gasteiger partial charge in [0.05, 0.1) is 28.7 Å².